The maximum atomic E-state index is 12.8. The highest BCUT2D eigenvalue weighted by Gasteiger charge is 2.30. The summed E-state index contributed by atoms with van der Waals surface area (Å²) in [4.78, 5) is 6.61. The summed E-state index contributed by atoms with van der Waals surface area (Å²) in [6.07, 6.45) is 1.14. The van der Waals surface area contributed by atoms with Crippen molar-refractivity contribution in [1.29, 1.82) is 0 Å². The Labute approximate surface area is 154 Å². The molecule has 9 heteroatoms. The van der Waals surface area contributed by atoms with Crippen LogP contribution in [0.25, 0.3) is 17.0 Å². The van der Waals surface area contributed by atoms with E-state index in [0.717, 1.165) is 38.1 Å². The Morgan fingerprint density at radius 3 is 2.63 bits per heavy atom. The lowest BCUT2D eigenvalue weighted by atomic mass is 10.1. The number of imidazole rings is 1. The smallest absolute Gasteiger partial charge is 0.361 e. The van der Waals surface area contributed by atoms with E-state index in [1.165, 1.54) is 12.1 Å². The van der Waals surface area contributed by atoms with Gasteiger partial charge >= 0.3 is 6.18 Å². The summed E-state index contributed by atoms with van der Waals surface area (Å²) >= 11 is 0. The number of fused-ring (bicyclic) bond motifs is 1. The van der Waals surface area contributed by atoms with E-state index in [9.17, 15) is 13.2 Å². The molecule has 2 aromatic heterocycles. The van der Waals surface area contributed by atoms with Gasteiger partial charge in [-0.05, 0) is 38.6 Å². The van der Waals surface area contributed by atoms with Crippen LogP contribution in [0.5, 0.6) is 0 Å². The van der Waals surface area contributed by atoms with E-state index in [0.29, 0.717) is 22.9 Å². The molecule has 1 atom stereocenters. The van der Waals surface area contributed by atoms with Gasteiger partial charge in [0.1, 0.15) is 0 Å². The van der Waals surface area contributed by atoms with Crippen molar-refractivity contribution in [3.05, 3.63) is 42.2 Å². The zero-order chi connectivity index (χ0) is 19.0. The number of likely N-dealkylation sites (N-methyl/N-ethyl adjacent to an activating group) is 1. The number of halogens is 3. The molecule has 142 valence electrons. The van der Waals surface area contributed by atoms with Crippen LogP contribution >= 0.6 is 0 Å². The number of nitrogens with one attached hydrogen (secondary N) is 1. The lowest BCUT2D eigenvalue weighted by Gasteiger charge is -2.30. The van der Waals surface area contributed by atoms with Crippen molar-refractivity contribution in [2.24, 2.45) is 0 Å². The van der Waals surface area contributed by atoms with Crippen molar-refractivity contribution < 1.29 is 13.2 Å². The molecule has 3 aromatic rings. The number of anilines is 1. The van der Waals surface area contributed by atoms with Gasteiger partial charge in [0.05, 0.1) is 5.56 Å². The first-order chi connectivity index (χ1) is 12.9. The standard InChI is InChI=1S/C18H19F3N6/c1-26-9-2-3-14(11-26)23-15-17-22-8-10-27(17)16(25-24-15)12-4-6-13(7-5-12)18(19,20)21/h4-8,10,14H,2-3,9,11H2,1H3,(H,23,24)/t14-/m1/s1. The number of rotatable bonds is 3. The summed E-state index contributed by atoms with van der Waals surface area (Å²) in [5, 5.41) is 11.9. The number of hydrogen-bond donors (Lipinski definition) is 1. The van der Waals surface area contributed by atoms with E-state index in [-0.39, 0.29) is 6.04 Å². The summed E-state index contributed by atoms with van der Waals surface area (Å²) in [6, 6.07) is 5.15. The van der Waals surface area contributed by atoms with Crippen LogP contribution in [0.1, 0.15) is 18.4 Å². The molecule has 1 fully saturated rings. The average molecular weight is 376 g/mol. The number of benzene rings is 1. The topological polar surface area (TPSA) is 58.3 Å². The molecule has 1 aromatic carbocycles. The van der Waals surface area contributed by atoms with E-state index in [4.69, 9.17) is 0 Å². The van der Waals surface area contributed by atoms with E-state index in [1.807, 2.05) is 0 Å². The molecule has 0 bridgehead atoms. The van der Waals surface area contributed by atoms with Crippen molar-refractivity contribution in [2.45, 2.75) is 25.1 Å². The Kier molecular flexibility index (Phi) is 4.47. The second kappa shape index (κ2) is 6.80. The van der Waals surface area contributed by atoms with Crippen molar-refractivity contribution >= 4 is 11.5 Å². The third kappa shape index (κ3) is 3.59. The lowest BCUT2D eigenvalue weighted by Crippen LogP contribution is -2.40. The van der Waals surface area contributed by atoms with Gasteiger partial charge in [0.25, 0.3) is 0 Å². The van der Waals surface area contributed by atoms with Gasteiger partial charge < -0.3 is 10.2 Å². The first-order valence-electron chi connectivity index (χ1n) is 8.74. The van der Waals surface area contributed by atoms with Gasteiger partial charge in [-0.3, -0.25) is 4.40 Å². The number of hydrogen-bond acceptors (Lipinski definition) is 5. The Morgan fingerprint density at radius 2 is 1.93 bits per heavy atom. The van der Waals surface area contributed by atoms with Crippen molar-refractivity contribution in [3.63, 3.8) is 0 Å². The summed E-state index contributed by atoms with van der Waals surface area (Å²) in [7, 11) is 2.08. The number of likely N-dealkylation sites (tertiary alicyclic amines) is 1. The van der Waals surface area contributed by atoms with E-state index >= 15 is 0 Å². The quantitative estimate of drug-likeness (QED) is 0.760. The van der Waals surface area contributed by atoms with Crippen LogP contribution in [0, 0.1) is 0 Å². The SMILES string of the molecule is CN1CCC[C@@H](Nc2nnc(-c3ccc(C(F)(F)F)cc3)n3ccnc23)C1. The molecule has 27 heavy (non-hydrogen) atoms. The molecule has 0 saturated carbocycles. The molecule has 4 rings (SSSR count). The molecule has 0 amide bonds. The monoisotopic (exact) mass is 376 g/mol. The molecule has 1 saturated heterocycles. The Hall–Kier alpha value is -2.68. The van der Waals surface area contributed by atoms with Crippen LogP contribution in [-0.4, -0.2) is 50.7 Å². The molecule has 6 nitrogen and oxygen atoms in total. The Bertz CT molecular complexity index is 934. The molecule has 0 radical (unpaired) electrons. The molecular weight excluding hydrogens is 357 g/mol. The second-order valence-electron chi connectivity index (χ2n) is 6.81. The number of nitrogens with zero attached hydrogens (tertiary/aromatic N) is 5. The number of alkyl halides is 3. The minimum Gasteiger partial charge on any atom is -0.361 e. The van der Waals surface area contributed by atoms with E-state index < -0.39 is 11.7 Å². The van der Waals surface area contributed by atoms with Crippen molar-refractivity contribution in [1.82, 2.24) is 24.5 Å². The van der Waals surface area contributed by atoms with Crippen LogP contribution < -0.4 is 5.32 Å². The van der Waals surface area contributed by atoms with Crippen molar-refractivity contribution in [2.75, 3.05) is 25.5 Å². The average Bonchev–Trinajstić information content (AvgIpc) is 3.12. The second-order valence-corrected chi connectivity index (χ2v) is 6.81. The van der Waals surface area contributed by atoms with Gasteiger partial charge in [-0.25, -0.2) is 4.98 Å². The highest BCUT2D eigenvalue weighted by molar-refractivity contribution is 5.68. The normalized spacial score (nSPS) is 18.7. The van der Waals surface area contributed by atoms with Gasteiger partial charge in [-0.15, -0.1) is 10.2 Å². The third-order valence-corrected chi connectivity index (χ3v) is 4.76. The largest absolute Gasteiger partial charge is 0.416 e. The zero-order valence-corrected chi connectivity index (χ0v) is 14.7. The lowest BCUT2D eigenvalue weighted by molar-refractivity contribution is -0.137. The van der Waals surface area contributed by atoms with Crippen LogP contribution in [-0.2, 0) is 6.18 Å². The van der Waals surface area contributed by atoms with E-state index in [1.54, 1.807) is 16.8 Å². The first-order valence-corrected chi connectivity index (χ1v) is 8.74. The molecule has 3 heterocycles. The van der Waals surface area contributed by atoms with Crippen LogP contribution in [0.3, 0.4) is 0 Å². The third-order valence-electron chi connectivity index (χ3n) is 4.76. The van der Waals surface area contributed by atoms with Crippen LogP contribution in [0.2, 0.25) is 0 Å². The van der Waals surface area contributed by atoms with Gasteiger partial charge in [-0.2, -0.15) is 13.2 Å². The predicted molar refractivity (Wildman–Crippen MR) is 95.4 cm³/mol. The van der Waals surface area contributed by atoms with Gasteiger partial charge in [0.2, 0.25) is 0 Å². The number of aromatic nitrogens is 4. The molecule has 0 unspecified atom stereocenters. The fourth-order valence-corrected chi connectivity index (χ4v) is 3.42. The zero-order valence-electron chi connectivity index (χ0n) is 14.7. The predicted octanol–water partition coefficient (Wildman–Crippen LogP) is 3.32. The fourth-order valence-electron chi connectivity index (χ4n) is 3.42. The maximum absolute atomic E-state index is 12.8. The minimum absolute atomic E-state index is 0.260. The maximum Gasteiger partial charge on any atom is 0.416 e. The first kappa shape index (κ1) is 17.7. The van der Waals surface area contributed by atoms with E-state index in [2.05, 4.69) is 32.4 Å². The Balaban J connectivity index is 1.65. The summed E-state index contributed by atoms with van der Waals surface area (Å²) < 4.78 is 40.1. The highest BCUT2D eigenvalue weighted by atomic mass is 19.4. The molecule has 0 aliphatic carbocycles. The van der Waals surface area contributed by atoms with Crippen LogP contribution in [0.15, 0.2) is 36.7 Å². The summed E-state index contributed by atoms with van der Waals surface area (Å²) in [5.74, 6) is 1.03. The summed E-state index contributed by atoms with van der Waals surface area (Å²) in [6.45, 7) is 1.99. The van der Waals surface area contributed by atoms with Gasteiger partial charge in [0.15, 0.2) is 17.3 Å². The van der Waals surface area contributed by atoms with Crippen LogP contribution in [0.4, 0.5) is 19.0 Å². The van der Waals surface area contributed by atoms with Gasteiger partial charge in [-0.1, -0.05) is 12.1 Å². The van der Waals surface area contributed by atoms with Crippen molar-refractivity contribution in [3.8, 4) is 11.4 Å². The number of piperidine rings is 1. The molecule has 1 aliphatic heterocycles. The highest BCUT2D eigenvalue weighted by Crippen LogP contribution is 2.31. The molecule has 1 N–H and O–H groups in total. The molecule has 1 aliphatic rings. The van der Waals surface area contributed by atoms with Gasteiger partial charge in [0, 0.05) is 30.5 Å². The fraction of sp³-hybridized carbons (Fsp3) is 0.389. The minimum atomic E-state index is -4.37. The Morgan fingerprint density at radius 1 is 1.15 bits per heavy atom. The summed E-state index contributed by atoms with van der Waals surface area (Å²) in [5.41, 5.74) is 0.455. The molecular formula is C18H19F3N6. The molecule has 0 spiro atoms.